The Morgan fingerprint density at radius 3 is 2.58 bits per heavy atom. The fourth-order valence-electron chi connectivity index (χ4n) is 1.98. The summed E-state index contributed by atoms with van der Waals surface area (Å²) >= 11 is 0. The Morgan fingerprint density at radius 2 is 1.95 bits per heavy atom. The minimum atomic E-state index is -3.11. The molecule has 0 atom stereocenters. The lowest BCUT2D eigenvalue weighted by Gasteiger charge is -2.15. The summed E-state index contributed by atoms with van der Waals surface area (Å²) in [6, 6.07) is 3.54. The molecule has 5 nitrogen and oxygen atoms in total. The van der Waals surface area contributed by atoms with E-state index in [0.29, 0.717) is 5.69 Å². The Kier molecular flexibility index (Phi) is 3.40. The molecule has 1 aromatic carbocycles. The summed E-state index contributed by atoms with van der Waals surface area (Å²) in [5, 5.41) is 0. The van der Waals surface area contributed by atoms with Gasteiger partial charge in [-0.25, -0.2) is 12.8 Å². The molecule has 0 spiro atoms. The molecule has 0 N–H and O–H groups in total. The van der Waals surface area contributed by atoms with E-state index in [-0.39, 0.29) is 24.3 Å². The molecule has 19 heavy (non-hydrogen) atoms. The van der Waals surface area contributed by atoms with Crippen molar-refractivity contribution in [1.29, 1.82) is 0 Å². The standard InChI is InChI=1S/C12H12FNO4S/c1-19(17,18)6-2-5-14-10-4-3-8(13)7-9(10)11(15)12(14)16/h3-4,7H,2,5-6H2,1H3. The monoisotopic (exact) mass is 285 g/mol. The van der Waals surface area contributed by atoms with Crippen molar-refractivity contribution in [2.75, 3.05) is 23.5 Å². The molecule has 1 heterocycles. The van der Waals surface area contributed by atoms with Crippen molar-refractivity contribution in [2.45, 2.75) is 6.42 Å². The number of carbonyl (C=O) groups is 2. The van der Waals surface area contributed by atoms with E-state index in [9.17, 15) is 22.4 Å². The number of amides is 1. The quantitative estimate of drug-likeness (QED) is 0.767. The smallest absolute Gasteiger partial charge is 0.299 e. The summed E-state index contributed by atoms with van der Waals surface area (Å²) < 4.78 is 35.1. The zero-order valence-electron chi connectivity index (χ0n) is 10.2. The van der Waals surface area contributed by atoms with E-state index in [1.807, 2.05) is 0 Å². The lowest BCUT2D eigenvalue weighted by Crippen LogP contribution is -2.31. The van der Waals surface area contributed by atoms with Crippen LogP contribution in [0.2, 0.25) is 0 Å². The number of halogens is 1. The van der Waals surface area contributed by atoms with Gasteiger partial charge in [-0.05, 0) is 24.6 Å². The summed E-state index contributed by atoms with van der Waals surface area (Å²) in [6.07, 6.45) is 1.34. The fraction of sp³-hybridized carbons (Fsp3) is 0.333. The van der Waals surface area contributed by atoms with Crippen LogP contribution in [-0.4, -0.2) is 38.7 Å². The third-order valence-corrected chi connectivity index (χ3v) is 3.86. The largest absolute Gasteiger partial charge is 0.305 e. The Hall–Kier alpha value is -1.76. The summed E-state index contributed by atoms with van der Waals surface area (Å²) in [4.78, 5) is 24.6. The summed E-state index contributed by atoms with van der Waals surface area (Å²) in [7, 11) is -3.11. The fourth-order valence-corrected chi connectivity index (χ4v) is 2.63. The molecule has 1 aliphatic rings. The zero-order chi connectivity index (χ0) is 14.2. The van der Waals surface area contributed by atoms with Gasteiger partial charge in [0, 0.05) is 12.8 Å². The number of rotatable bonds is 4. The first kappa shape index (κ1) is 13.7. The predicted octanol–water partition coefficient (Wildman–Crippen LogP) is 0.790. The molecular weight excluding hydrogens is 273 g/mol. The molecule has 0 saturated heterocycles. The van der Waals surface area contributed by atoms with Crippen molar-refractivity contribution >= 4 is 27.2 Å². The van der Waals surface area contributed by atoms with Crippen LogP contribution in [0.1, 0.15) is 16.8 Å². The highest BCUT2D eigenvalue weighted by Crippen LogP contribution is 2.29. The van der Waals surface area contributed by atoms with Crippen LogP contribution < -0.4 is 4.90 Å². The van der Waals surface area contributed by atoms with Gasteiger partial charge >= 0.3 is 0 Å². The van der Waals surface area contributed by atoms with Gasteiger partial charge in [0.05, 0.1) is 17.0 Å². The zero-order valence-corrected chi connectivity index (χ0v) is 11.0. The van der Waals surface area contributed by atoms with E-state index in [2.05, 4.69) is 0 Å². The van der Waals surface area contributed by atoms with Crippen LogP contribution in [0.25, 0.3) is 0 Å². The third-order valence-electron chi connectivity index (χ3n) is 2.83. The van der Waals surface area contributed by atoms with Gasteiger partial charge in [0.25, 0.3) is 11.7 Å². The molecule has 0 bridgehead atoms. The topological polar surface area (TPSA) is 71.5 Å². The Labute approximate surface area is 109 Å². The van der Waals surface area contributed by atoms with Crippen LogP contribution in [0.3, 0.4) is 0 Å². The Bertz CT molecular complexity index is 654. The first-order valence-corrected chi connectivity index (χ1v) is 7.69. The molecular formula is C12H12FNO4S. The molecule has 2 rings (SSSR count). The first-order chi connectivity index (χ1) is 8.79. The predicted molar refractivity (Wildman–Crippen MR) is 67.4 cm³/mol. The van der Waals surface area contributed by atoms with Gasteiger partial charge in [0.1, 0.15) is 15.7 Å². The molecule has 0 saturated carbocycles. The number of hydrogen-bond donors (Lipinski definition) is 0. The number of carbonyl (C=O) groups excluding carboxylic acids is 2. The van der Waals surface area contributed by atoms with Gasteiger partial charge in [-0.1, -0.05) is 0 Å². The number of ketones is 1. The van der Waals surface area contributed by atoms with Crippen LogP contribution >= 0.6 is 0 Å². The van der Waals surface area contributed by atoms with E-state index < -0.39 is 27.3 Å². The highest BCUT2D eigenvalue weighted by atomic mass is 32.2. The maximum atomic E-state index is 13.0. The van der Waals surface area contributed by atoms with Crippen molar-refractivity contribution in [3.63, 3.8) is 0 Å². The van der Waals surface area contributed by atoms with Crippen LogP contribution in [-0.2, 0) is 14.6 Å². The van der Waals surface area contributed by atoms with Gasteiger partial charge in [0.15, 0.2) is 0 Å². The Morgan fingerprint density at radius 1 is 1.26 bits per heavy atom. The maximum absolute atomic E-state index is 13.0. The summed E-state index contributed by atoms with van der Waals surface area (Å²) in [5.74, 6) is -2.15. The van der Waals surface area contributed by atoms with Crippen molar-refractivity contribution in [2.24, 2.45) is 0 Å². The molecule has 0 radical (unpaired) electrons. The van der Waals surface area contributed by atoms with Crippen LogP contribution in [0.15, 0.2) is 18.2 Å². The molecule has 1 aliphatic heterocycles. The first-order valence-electron chi connectivity index (χ1n) is 5.63. The van der Waals surface area contributed by atoms with Gasteiger partial charge < -0.3 is 4.90 Å². The van der Waals surface area contributed by atoms with Gasteiger partial charge in [-0.2, -0.15) is 0 Å². The SMILES string of the molecule is CS(=O)(=O)CCCN1C(=O)C(=O)c2cc(F)ccc21. The van der Waals surface area contributed by atoms with Crippen LogP contribution in [0.5, 0.6) is 0 Å². The summed E-state index contributed by atoms with van der Waals surface area (Å²) in [6.45, 7) is 0.121. The molecule has 0 unspecified atom stereocenters. The van der Waals surface area contributed by atoms with Gasteiger partial charge in [-0.15, -0.1) is 0 Å². The minimum Gasteiger partial charge on any atom is -0.305 e. The number of sulfone groups is 1. The van der Waals surface area contributed by atoms with Crippen LogP contribution in [0.4, 0.5) is 10.1 Å². The number of hydrogen-bond acceptors (Lipinski definition) is 4. The van der Waals surface area contributed by atoms with Crippen molar-refractivity contribution in [1.82, 2.24) is 0 Å². The molecule has 0 fully saturated rings. The van der Waals surface area contributed by atoms with E-state index in [4.69, 9.17) is 0 Å². The number of benzene rings is 1. The van der Waals surface area contributed by atoms with E-state index in [1.54, 1.807) is 0 Å². The number of Topliss-reactive ketones (excluding diaryl/α,β-unsaturated/α-hetero) is 1. The second-order valence-corrected chi connectivity index (χ2v) is 6.69. The van der Waals surface area contributed by atoms with Crippen molar-refractivity contribution < 1.29 is 22.4 Å². The van der Waals surface area contributed by atoms with E-state index >= 15 is 0 Å². The van der Waals surface area contributed by atoms with E-state index in [1.165, 1.54) is 11.0 Å². The molecule has 1 aromatic rings. The summed E-state index contributed by atoms with van der Waals surface area (Å²) in [5.41, 5.74) is 0.370. The van der Waals surface area contributed by atoms with E-state index in [0.717, 1.165) is 18.4 Å². The number of anilines is 1. The molecule has 7 heteroatoms. The average Bonchev–Trinajstić information content (AvgIpc) is 2.53. The third kappa shape index (κ3) is 2.81. The maximum Gasteiger partial charge on any atom is 0.299 e. The minimum absolute atomic E-state index is 0.0318. The lowest BCUT2D eigenvalue weighted by atomic mass is 10.1. The molecule has 0 aliphatic carbocycles. The van der Waals surface area contributed by atoms with Crippen molar-refractivity contribution in [3.8, 4) is 0 Å². The number of nitrogens with zero attached hydrogens (tertiary/aromatic N) is 1. The van der Waals surface area contributed by atoms with Crippen molar-refractivity contribution in [3.05, 3.63) is 29.6 Å². The van der Waals surface area contributed by atoms with Gasteiger partial charge in [-0.3, -0.25) is 9.59 Å². The highest BCUT2D eigenvalue weighted by Gasteiger charge is 2.35. The van der Waals surface area contributed by atoms with Gasteiger partial charge in [0.2, 0.25) is 0 Å². The molecule has 102 valence electrons. The van der Waals surface area contributed by atoms with Crippen LogP contribution in [0, 0.1) is 5.82 Å². The number of fused-ring (bicyclic) bond motifs is 1. The highest BCUT2D eigenvalue weighted by molar-refractivity contribution is 7.90. The average molecular weight is 285 g/mol. The Balaban J connectivity index is 2.20. The molecule has 1 amide bonds. The molecule has 0 aromatic heterocycles. The lowest BCUT2D eigenvalue weighted by molar-refractivity contribution is -0.114. The normalized spacial score (nSPS) is 14.9. The second-order valence-electron chi connectivity index (χ2n) is 4.43. The second kappa shape index (κ2) is 4.73.